The van der Waals surface area contributed by atoms with E-state index in [1.165, 1.54) is 12.1 Å². The number of alkyl halides is 3. The number of hydrogen-bond donors (Lipinski definition) is 1. The van der Waals surface area contributed by atoms with Crippen LogP contribution < -0.4 is 5.32 Å². The zero-order valence-corrected chi connectivity index (χ0v) is 11.1. The highest BCUT2D eigenvalue weighted by Crippen LogP contribution is 2.34. The molecule has 4 heteroatoms. The fourth-order valence-corrected chi connectivity index (χ4v) is 2.04. The quantitative estimate of drug-likeness (QED) is 0.791. The van der Waals surface area contributed by atoms with E-state index in [2.05, 4.69) is 11.2 Å². The lowest BCUT2D eigenvalue weighted by molar-refractivity contribution is -0.138. The molecule has 0 amide bonds. The Bertz CT molecular complexity index is 445. The van der Waals surface area contributed by atoms with Crippen molar-refractivity contribution in [1.29, 1.82) is 0 Å². The molecule has 0 aliphatic carbocycles. The van der Waals surface area contributed by atoms with Gasteiger partial charge in [0.05, 0.1) is 5.56 Å². The molecule has 0 aromatic heterocycles. The second-order valence-corrected chi connectivity index (χ2v) is 4.49. The van der Waals surface area contributed by atoms with Crippen LogP contribution in [0.5, 0.6) is 0 Å². The Labute approximate surface area is 112 Å². The molecular weight excluding hydrogens is 251 g/mol. The summed E-state index contributed by atoms with van der Waals surface area (Å²) in [5.74, 6) is 2.54. The lowest BCUT2D eigenvalue weighted by atomic mass is 9.99. The van der Waals surface area contributed by atoms with Crippen LogP contribution in [0.15, 0.2) is 24.3 Å². The van der Waals surface area contributed by atoms with Crippen LogP contribution in [0.4, 0.5) is 13.2 Å². The molecule has 0 spiro atoms. The first-order chi connectivity index (χ1) is 8.90. The third-order valence-corrected chi connectivity index (χ3v) is 3.08. The molecule has 1 aromatic rings. The van der Waals surface area contributed by atoms with E-state index in [0.29, 0.717) is 6.42 Å². The van der Waals surface area contributed by atoms with Gasteiger partial charge in [0.25, 0.3) is 0 Å². The van der Waals surface area contributed by atoms with Crippen LogP contribution in [0.3, 0.4) is 0 Å². The Morgan fingerprint density at radius 3 is 2.47 bits per heavy atom. The van der Waals surface area contributed by atoms with Crippen LogP contribution in [0, 0.1) is 12.3 Å². The molecule has 0 radical (unpaired) electrons. The Balaban J connectivity index is 2.94. The first kappa shape index (κ1) is 15.6. The Kier molecular flexibility index (Phi) is 5.44. The van der Waals surface area contributed by atoms with Crippen molar-refractivity contribution in [2.75, 3.05) is 0 Å². The normalized spacial score (nSPS) is 14.7. The van der Waals surface area contributed by atoms with Gasteiger partial charge in [0.15, 0.2) is 0 Å². The zero-order chi connectivity index (χ0) is 14.5. The minimum absolute atomic E-state index is 0.0290. The summed E-state index contributed by atoms with van der Waals surface area (Å²) in [5, 5.41) is 3.15. The van der Waals surface area contributed by atoms with Gasteiger partial charge in [0.1, 0.15) is 0 Å². The lowest BCUT2D eigenvalue weighted by Crippen LogP contribution is -2.31. The molecular formula is C15H18F3N. The molecule has 104 valence electrons. The third-order valence-electron chi connectivity index (χ3n) is 3.08. The first-order valence-electron chi connectivity index (χ1n) is 6.25. The number of hydrogen-bond acceptors (Lipinski definition) is 1. The van der Waals surface area contributed by atoms with Crippen molar-refractivity contribution in [3.8, 4) is 12.3 Å². The highest BCUT2D eigenvalue weighted by atomic mass is 19.4. The molecule has 0 bridgehead atoms. The van der Waals surface area contributed by atoms with Crippen molar-refractivity contribution in [2.24, 2.45) is 0 Å². The van der Waals surface area contributed by atoms with E-state index < -0.39 is 17.8 Å². The molecule has 0 aliphatic rings. The van der Waals surface area contributed by atoms with Crippen LogP contribution in [-0.4, -0.2) is 6.04 Å². The van der Waals surface area contributed by atoms with Crippen molar-refractivity contribution in [2.45, 2.75) is 44.9 Å². The monoisotopic (exact) mass is 269 g/mol. The maximum absolute atomic E-state index is 12.9. The average molecular weight is 269 g/mol. The number of terminal acetylenes is 1. The summed E-state index contributed by atoms with van der Waals surface area (Å²) in [6, 6.07) is 5.26. The fourth-order valence-electron chi connectivity index (χ4n) is 2.04. The van der Waals surface area contributed by atoms with Gasteiger partial charge in [0.2, 0.25) is 0 Å². The second kappa shape index (κ2) is 6.63. The zero-order valence-electron chi connectivity index (χ0n) is 11.1. The molecule has 2 unspecified atom stereocenters. The predicted molar refractivity (Wildman–Crippen MR) is 70.5 cm³/mol. The Morgan fingerprint density at radius 2 is 1.95 bits per heavy atom. The van der Waals surface area contributed by atoms with Gasteiger partial charge in [0, 0.05) is 18.5 Å². The van der Waals surface area contributed by atoms with Crippen LogP contribution in [-0.2, 0) is 6.18 Å². The van der Waals surface area contributed by atoms with Gasteiger partial charge in [-0.05, 0) is 25.0 Å². The molecule has 1 rings (SSSR count). The van der Waals surface area contributed by atoms with E-state index in [1.54, 1.807) is 13.0 Å². The van der Waals surface area contributed by atoms with Crippen molar-refractivity contribution in [1.82, 2.24) is 5.32 Å². The molecule has 0 aliphatic heterocycles. The smallest absolute Gasteiger partial charge is 0.306 e. The topological polar surface area (TPSA) is 12.0 Å². The summed E-state index contributed by atoms with van der Waals surface area (Å²) in [5.41, 5.74) is -0.337. The standard InChI is InChI=1S/C15H18F3N/c1-4-8-12(5-2)19-11(3)13-9-6-7-10-14(13)15(16,17)18/h1,6-7,9-12,19H,5,8H2,2-3H3. The molecule has 2 atom stereocenters. The van der Waals surface area contributed by atoms with Crippen LogP contribution in [0.25, 0.3) is 0 Å². The van der Waals surface area contributed by atoms with E-state index in [4.69, 9.17) is 6.42 Å². The number of benzene rings is 1. The Morgan fingerprint density at radius 1 is 1.32 bits per heavy atom. The van der Waals surface area contributed by atoms with Gasteiger partial charge >= 0.3 is 6.18 Å². The highest BCUT2D eigenvalue weighted by molar-refractivity contribution is 5.32. The fraction of sp³-hybridized carbons (Fsp3) is 0.467. The van der Waals surface area contributed by atoms with Crippen molar-refractivity contribution >= 4 is 0 Å². The van der Waals surface area contributed by atoms with Gasteiger partial charge in [-0.2, -0.15) is 13.2 Å². The number of rotatable bonds is 5. The minimum atomic E-state index is -4.33. The maximum atomic E-state index is 12.9. The summed E-state index contributed by atoms with van der Waals surface area (Å²) < 4.78 is 38.7. The molecule has 0 saturated heterocycles. The first-order valence-corrected chi connectivity index (χ1v) is 6.25. The number of halogens is 3. The van der Waals surface area contributed by atoms with E-state index in [0.717, 1.165) is 12.5 Å². The summed E-state index contributed by atoms with van der Waals surface area (Å²) in [7, 11) is 0. The van der Waals surface area contributed by atoms with E-state index >= 15 is 0 Å². The molecule has 1 aromatic carbocycles. The van der Waals surface area contributed by atoms with Gasteiger partial charge in [-0.3, -0.25) is 0 Å². The van der Waals surface area contributed by atoms with Crippen molar-refractivity contribution < 1.29 is 13.2 Å². The van der Waals surface area contributed by atoms with Crippen LogP contribution in [0.2, 0.25) is 0 Å². The molecule has 1 nitrogen and oxygen atoms in total. The molecule has 19 heavy (non-hydrogen) atoms. The van der Waals surface area contributed by atoms with Crippen LogP contribution >= 0.6 is 0 Å². The molecule has 1 N–H and O–H groups in total. The van der Waals surface area contributed by atoms with Gasteiger partial charge in [-0.25, -0.2) is 0 Å². The summed E-state index contributed by atoms with van der Waals surface area (Å²) in [6.45, 7) is 3.68. The molecule has 0 saturated carbocycles. The highest BCUT2D eigenvalue weighted by Gasteiger charge is 2.34. The van der Waals surface area contributed by atoms with Crippen LogP contribution in [0.1, 0.15) is 43.9 Å². The lowest BCUT2D eigenvalue weighted by Gasteiger charge is -2.23. The van der Waals surface area contributed by atoms with E-state index in [1.807, 2.05) is 6.92 Å². The Hall–Kier alpha value is -1.47. The van der Waals surface area contributed by atoms with E-state index in [9.17, 15) is 13.2 Å². The summed E-state index contributed by atoms with van der Waals surface area (Å²) in [6.07, 6.45) is 2.21. The van der Waals surface area contributed by atoms with Gasteiger partial charge in [-0.15, -0.1) is 12.3 Å². The summed E-state index contributed by atoms with van der Waals surface area (Å²) in [4.78, 5) is 0. The SMILES string of the molecule is C#CCC(CC)NC(C)c1ccccc1C(F)(F)F. The predicted octanol–water partition coefficient (Wildman–Crippen LogP) is 4.16. The maximum Gasteiger partial charge on any atom is 0.416 e. The van der Waals surface area contributed by atoms with Crippen molar-refractivity contribution in [3.05, 3.63) is 35.4 Å². The van der Waals surface area contributed by atoms with Crippen molar-refractivity contribution in [3.63, 3.8) is 0 Å². The largest absolute Gasteiger partial charge is 0.416 e. The molecule has 0 heterocycles. The summed E-state index contributed by atoms with van der Waals surface area (Å²) >= 11 is 0. The van der Waals surface area contributed by atoms with Gasteiger partial charge in [-0.1, -0.05) is 25.1 Å². The van der Waals surface area contributed by atoms with Gasteiger partial charge < -0.3 is 5.32 Å². The second-order valence-electron chi connectivity index (χ2n) is 4.49. The molecule has 0 fully saturated rings. The average Bonchev–Trinajstić information content (AvgIpc) is 2.37. The number of nitrogens with one attached hydrogen (secondary N) is 1. The van der Waals surface area contributed by atoms with E-state index in [-0.39, 0.29) is 11.6 Å². The minimum Gasteiger partial charge on any atom is -0.306 e. The third kappa shape index (κ3) is 4.29.